The molecule has 0 spiro atoms. The second-order valence-electron chi connectivity index (χ2n) is 4.00. The molecular weight excluding hydrogens is 202 g/mol. The lowest BCUT2D eigenvalue weighted by Gasteiger charge is -2.21. The molecule has 16 heavy (non-hydrogen) atoms. The summed E-state index contributed by atoms with van der Waals surface area (Å²) >= 11 is 0. The van der Waals surface area contributed by atoms with Crippen molar-refractivity contribution in [1.29, 1.82) is 0 Å². The van der Waals surface area contributed by atoms with Gasteiger partial charge in [-0.05, 0) is 18.9 Å². The van der Waals surface area contributed by atoms with Gasteiger partial charge < -0.3 is 10.0 Å². The number of benzene rings is 1. The van der Waals surface area contributed by atoms with E-state index in [1.54, 1.807) is 0 Å². The smallest absolute Gasteiger partial charge is 0.335 e. The molecular formula is C13H15NO2. The van der Waals surface area contributed by atoms with Gasteiger partial charge in [0.1, 0.15) is 0 Å². The van der Waals surface area contributed by atoms with Crippen LogP contribution in [0.4, 0.5) is 5.69 Å². The summed E-state index contributed by atoms with van der Waals surface area (Å²) in [6, 6.07) is 7.58. The second-order valence-corrected chi connectivity index (χ2v) is 4.00. The molecule has 0 radical (unpaired) electrons. The molecule has 3 heteroatoms. The molecule has 1 N–H and O–H groups in total. The van der Waals surface area contributed by atoms with Crippen LogP contribution in [0.15, 0.2) is 30.8 Å². The Balaban J connectivity index is 2.37. The molecule has 84 valence electrons. The third-order valence-electron chi connectivity index (χ3n) is 2.93. The van der Waals surface area contributed by atoms with Crippen LogP contribution in [-0.4, -0.2) is 24.2 Å². The van der Waals surface area contributed by atoms with Gasteiger partial charge in [0.15, 0.2) is 0 Å². The van der Waals surface area contributed by atoms with E-state index in [0.717, 1.165) is 24.3 Å². The number of hydrogen-bond donors (Lipinski definition) is 1. The van der Waals surface area contributed by atoms with Gasteiger partial charge in [-0.15, -0.1) is 0 Å². The van der Waals surface area contributed by atoms with Crippen molar-refractivity contribution < 1.29 is 9.90 Å². The van der Waals surface area contributed by atoms with E-state index in [-0.39, 0.29) is 5.57 Å². The van der Waals surface area contributed by atoms with Crippen LogP contribution in [0.3, 0.4) is 0 Å². The van der Waals surface area contributed by atoms with Crippen LogP contribution in [0.2, 0.25) is 0 Å². The summed E-state index contributed by atoms with van der Waals surface area (Å²) in [4.78, 5) is 13.2. The molecule has 0 saturated carbocycles. The fourth-order valence-electron chi connectivity index (χ4n) is 2.08. The topological polar surface area (TPSA) is 40.5 Å². The molecule has 0 aromatic heterocycles. The van der Waals surface area contributed by atoms with Crippen molar-refractivity contribution >= 4 is 17.2 Å². The van der Waals surface area contributed by atoms with Crippen LogP contribution in [0.5, 0.6) is 0 Å². The number of carbonyl (C=O) groups is 1. The van der Waals surface area contributed by atoms with Crippen molar-refractivity contribution in [3.8, 4) is 0 Å². The maximum Gasteiger partial charge on any atom is 0.335 e. The Morgan fingerprint density at radius 2 is 1.88 bits per heavy atom. The summed E-state index contributed by atoms with van der Waals surface area (Å²) in [7, 11) is 0. The number of hydrogen-bond acceptors (Lipinski definition) is 2. The van der Waals surface area contributed by atoms with Crippen LogP contribution >= 0.6 is 0 Å². The van der Waals surface area contributed by atoms with Gasteiger partial charge in [-0.3, -0.25) is 0 Å². The summed E-state index contributed by atoms with van der Waals surface area (Å²) in [5, 5.41) is 8.98. The molecule has 3 nitrogen and oxygen atoms in total. The molecule has 1 fully saturated rings. The van der Waals surface area contributed by atoms with Crippen LogP contribution < -0.4 is 4.90 Å². The van der Waals surface area contributed by atoms with Gasteiger partial charge in [0.05, 0.1) is 5.57 Å². The molecule has 1 aliphatic heterocycles. The van der Waals surface area contributed by atoms with Crippen LogP contribution in [-0.2, 0) is 4.79 Å². The largest absolute Gasteiger partial charge is 0.478 e. The molecule has 0 unspecified atom stereocenters. The Hall–Kier alpha value is -1.77. The highest BCUT2D eigenvalue weighted by atomic mass is 16.4. The summed E-state index contributed by atoms with van der Waals surface area (Å²) in [5.74, 6) is -0.952. The van der Waals surface area contributed by atoms with Gasteiger partial charge in [0, 0.05) is 24.3 Å². The zero-order valence-corrected chi connectivity index (χ0v) is 9.15. The first kappa shape index (κ1) is 10.7. The van der Waals surface area contributed by atoms with Crippen molar-refractivity contribution in [1.82, 2.24) is 0 Å². The fraction of sp³-hybridized carbons (Fsp3) is 0.308. The summed E-state index contributed by atoms with van der Waals surface area (Å²) in [6.07, 6.45) is 2.35. The third kappa shape index (κ3) is 1.94. The molecule has 1 heterocycles. The molecule has 0 aliphatic carbocycles. The quantitative estimate of drug-likeness (QED) is 0.790. The lowest BCUT2D eigenvalue weighted by Crippen LogP contribution is -2.19. The van der Waals surface area contributed by atoms with E-state index in [0.29, 0.717) is 0 Å². The van der Waals surface area contributed by atoms with Gasteiger partial charge in [-0.1, -0.05) is 24.8 Å². The predicted octanol–water partition coefficient (Wildman–Crippen LogP) is 2.38. The fourth-order valence-corrected chi connectivity index (χ4v) is 2.08. The number of para-hydroxylation sites is 1. The van der Waals surface area contributed by atoms with Crippen molar-refractivity contribution in [3.05, 3.63) is 36.4 Å². The summed E-state index contributed by atoms with van der Waals surface area (Å²) < 4.78 is 0. The van der Waals surface area contributed by atoms with Crippen LogP contribution in [0.1, 0.15) is 18.4 Å². The number of carboxylic acid groups (broad SMARTS) is 1. The zero-order chi connectivity index (χ0) is 11.5. The SMILES string of the molecule is C=C(C(=O)O)c1ccccc1N1CCCC1. The highest BCUT2D eigenvalue weighted by Crippen LogP contribution is 2.28. The Bertz CT molecular complexity index is 420. The maximum absolute atomic E-state index is 10.9. The Morgan fingerprint density at radius 3 is 2.50 bits per heavy atom. The molecule has 1 aromatic rings. The Labute approximate surface area is 95.0 Å². The van der Waals surface area contributed by atoms with E-state index in [2.05, 4.69) is 11.5 Å². The predicted molar refractivity (Wildman–Crippen MR) is 64.6 cm³/mol. The lowest BCUT2D eigenvalue weighted by molar-refractivity contribution is -0.130. The first-order valence-electron chi connectivity index (χ1n) is 5.46. The number of aliphatic carboxylic acids is 1. The van der Waals surface area contributed by atoms with E-state index in [4.69, 9.17) is 5.11 Å². The molecule has 0 atom stereocenters. The minimum absolute atomic E-state index is 0.169. The minimum Gasteiger partial charge on any atom is -0.478 e. The normalized spacial score (nSPS) is 15.1. The zero-order valence-electron chi connectivity index (χ0n) is 9.15. The molecule has 0 amide bonds. The second kappa shape index (κ2) is 4.39. The van der Waals surface area contributed by atoms with Crippen molar-refractivity contribution in [2.75, 3.05) is 18.0 Å². The molecule has 1 aromatic carbocycles. The number of anilines is 1. The molecule has 0 bridgehead atoms. The van der Waals surface area contributed by atoms with Crippen molar-refractivity contribution in [3.63, 3.8) is 0 Å². The van der Waals surface area contributed by atoms with Crippen molar-refractivity contribution in [2.24, 2.45) is 0 Å². The van der Waals surface area contributed by atoms with Crippen LogP contribution in [0.25, 0.3) is 5.57 Å². The number of rotatable bonds is 3. The van der Waals surface area contributed by atoms with E-state index >= 15 is 0 Å². The van der Waals surface area contributed by atoms with Crippen molar-refractivity contribution in [2.45, 2.75) is 12.8 Å². The van der Waals surface area contributed by atoms with E-state index < -0.39 is 5.97 Å². The average molecular weight is 217 g/mol. The summed E-state index contributed by atoms with van der Waals surface area (Å²) in [6.45, 7) is 5.64. The number of nitrogens with zero attached hydrogens (tertiary/aromatic N) is 1. The van der Waals surface area contributed by atoms with E-state index in [9.17, 15) is 4.79 Å². The highest BCUT2D eigenvalue weighted by Gasteiger charge is 2.18. The molecule has 2 rings (SSSR count). The van der Waals surface area contributed by atoms with E-state index in [1.807, 2.05) is 24.3 Å². The third-order valence-corrected chi connectivity index (χ3v) is 2.93. The monoisotopic (exact) mass is 217 g/mol. The summed E-state index contributed by atoms with van der Waals surface area (Å²) in [5.41, 5.74) is 1.90. The maximum atomic E-state index is 10.9. The first-order chi connectivity index (χ1) is 7.70. The Kier molecular flexibility index (Phi) is 2.95. The number of carboxylic acids is 1. The standard InChI is InChI=1S/C13H15NO2/c1-10(13(15)16)11-6-2-3-7-12(11)14-8-4-5-9-14/h2-3,6-7H,1,4-5,8-9H2,(H,15,16). The average Bonchev–Trinajstić information content (AvgIpc) is 2.81. The van der Waals surface area contributed by atoms with Gasteiger partial charge in [0.25, 0.3) is 0 Å². The van der Waals surface area contributed by atoms with Gasteiger partial charge in [-0.25, -0.2) is 4.79 Å². The minimum atomic E-state index is -0.952. The van der Waals surface area contributed by atoms with Gasteiger partial charge >= 0.3 is 5.97 Å². The highest BCUT2D eigenvalue weighted by molar-refractivity contribution is 6.16. The van der Waals surface area contributed by atoms with Gasteiger partial charge in [0.2, 0.25) is 0 Å². The molecule has 1 aliphatic rings. The first-order valence-corrected chi connectivity index (χ1v) is 5.46. The Morgan fingerprint density at radius 1 is 1.25 bits per heavy atom. The van der Waals surface area contributed by atoms with E-state index in [1.165, 1.54) is 12.8 Å². The molecule has 1 saturated heterocycles. The van der Waals surface area contributed by atoms with Crippen LogP contribution in [0, 0.1) is 0 Å². The lowest BCUT2D eigenvalue weighted by atomic mass is 10.0. The van der Waals surface area contributed by atoms with Gasteiger partial charge in [-0.2, -0.15) is 0 Å².